The summed E-state index contributed by atoms with van der Waals surface area (Å²) in [6, 6.07) is -0.279. The predicted molar refractivity (Wildman–Crippen MR) is 52.9 cm³/mol. The molecule has 78 valence electrons. The van der Waals surface area contributed by atoms with Crippen LogP contribution in [0.2, 0.25) is 0 Å². The van der Waals surface area contributed by atoms with Crippen molar-refractivity contribution in [3.8, 4) is 0 Å². The van der Waals surface area contributed by atoms with Crippen LogP contribution in [0.3, 0.4) is 0 Å². The highest BCUT2D eigenvalue weighted by molar-refractivity contribution is 5.70. The fourth-order valence-corrected chi connectivity index (χ4v) is 1.46. The van der Waals surface area contributed by atoms with Crippen LogP contribution in [0.5, 0.6) is 0 Å². The van der Waals surface area contributed by atoms with E-state index in [4.69, 9.17) is 4.74 Å². The zero-order chi connectivity index (χ0) is 10.6. The van der Waals surface area contributed by atoms with E-state index in [1.165, 1.54) is 4.90 Å². The van der Waals surface area contributed by atoms with Gasteiger partial charge in [-0.05, 0) is 6.42 Å². The highest BCUT2D eigenvalue weighted by Crippen LogP contribution is 2.17. The van der Waals surface area contributed by atoms with Gasteiger partial charge in [-0.15, -0.1) is 13.2 Å². The normalized spacial score (nSPS) is 23.1. The number of carbonyl (C=O) groups is 1. The minimum absolute atomic E-state index is 0.238. The third-order valence-corrected chi connectivity index (χ3v) is 2.19. The van der Waals surface area contributed by atoms with E-state index in [-0.39, 0.29) is 12.6 Å². The fourth-order valence-electron chi connectivity index (χ4n) is 1.46. The van der Waals surface area contributed by atoms with Crippen molar-refractivity contribution < 1.29 is 14.6 Å². The van der Waals surface area contributed by atoms with Gasteiger partial charge in [-0.1, -0.05) is 12.2 Å². The predicted octanol–water partition coefficient (Wildman–Crippen LogP) is 0.930. The Kier molecular flexibility index (Phi) is 3.71. The van der Waals surface area contributed by atoms with Gasteiger partial charge in [0.2, 0.25) is 0 Å². The second kappa shape index (κ2) is 4.81. The van der Waals surface area contributed by atoms with Crippen LogP contribution < -0.4 is 0 Å². The standard InChI is InChI=1S/C10H15NO3/c1-3-5-9(12)8-7-14-10(13)11(8)6-4-2/h3-4,8-9,12H,1-2,5-7H2/t8-,9-/m0/s1. The number of hydrogen-bond acceptors (Lipinski definition) is 3. The molecule has 1 aliphatic heterocycles. The van der Waals surface area contributed by atoms with Crippen molar-refractivity contribution in [2.45, 2.75) is 18.6 Å². The van der Waals surface area contributed by atoms with Crippen LogP contribution in [-0.2, 0) is 4.74 Å². The molecule has 0 aromatic carbocycles. The number of hydrogen-bond donors (Lipinski definition) is 1. The molecule has 0 aromatic heterocycles. The van der Waals surface area contributed by atoms with Gasteiger partial charge in [0.15, 0.2) is 0 Å². The second-order valence-electron chi connectivity index (χ2n) is 3.18. The van der Waals surface area contributed by atoms with Gasteiger partial charge in [-0.25, -0.2) is 4.79 Å². The zero-order valence-corrected chi connectivity index (χ0v) is 8.06. The van der Waals surface area contributed by atoms with Crippen LogP contribution in [0.1, 0.15) is 6.42 Å². The monoisotopic (exact) mass is 197 g/mol. The van der Waals surface area contributed by atoms with E-state index in [2.05, 4.69) is 13.2 Å². The third kappa shape index (κ3) is 2.14. The Bertz CT molecular complexity index is 240. The molecule has 0 radical (unpaired) electrons. The Labute approximate surface area is 83.5 Å². The van der Waals surface area contributed by atoms with Gasteiger partial charge in [0, 0.05) is 6.54 Å². The SMILES string of the molecule is C=CC[C@H](O)[C@@H]1COC(=O)N1CC=C. The van der Waals surface area contributed by atoms with Crippen molar-refractivity contribution in [3.63, 3.8) is 0 Å². The summed E-state index contributed by atoms with van der Waals surface area (Å²) in [5.41, 5.74) is 0. The Morgan fingerprint density at radius 3 is 2.93 bits per heavy atom. The number of aliphatic hydroxyl groups excluding tert-OH is 1. The summed E-state index contributed by atoms with van der Waals surface area (Å²) in [5.74, 6) is 0. The minimum Gasteiger partial charge on any atom is -0.447 e. The molecule has 1 heterocycles. The highest BCUT2D eigenvalue weighted by Gasteiger charge is 2.36. The summed E-state index contributed by atoms with van der Waals surface area (Å²) in [5, 5.41) is 9.68. The molecule has 1 amide bonds. The van der Waals surface area contributed by atoms with Crippen molar-refractivity contribution in [3.05, 3.63) is 25.3 Å². The molecule has 1 rings (SSSR count). The first kappa shape index (κ1) is 10.8. The molecule has 1 fully saturated rings. The van der Waals surface area contributed by atoms with E-state index in [1.807, 2.05) is 0 Å². The van der Waals surface area contributed by atoms with E-state index in [1.54, 1.807) is 12.2 Å². The number of cyclic esters (lactones) is 1. The molecule has 1 saturated heterocycles. The molecular weight excluding hydrogens is 182 g/mol. The smallest absolute Gasteiger partial charge is 0.410 e. The van der Waals surface area contributed by atoms with Crippen LogP contribution in [0.4, 0.5) is 4.79 Å². The Morgan fingerprint density at radius 2 is 2.36 bits per heavy atom. The average molecular weight is 197 g/mol. The maximum Gasteiger partial charge on any atom is 0.410 e. The lowest BCUT2D eigenvalue weighted by Crippen LogP contribution is -2.41. The molecule has 0 spiro atoms. The fraction of sp³-hybridized carbons (Fsp3) is 0.500. The van der Waals surface area contributed by atoms with Gasteiger partial charge in [-0.2, -0.15) is 0 Å². The van der Waals surface area contributed by atoms with Crippen molar-refractivity contribution in [1.29, 1.82) is 0 Å². The number of ether oxygens (including phenoxy) is 1. The van der Waals surface area contributed by atoms with Crippen molar-refractivity contribution >= 4 is 6.09 Å². The van der Waals surface area contributed by atoms with Crippen LogP contribution in [-0.4, -0.2) is 41.4 Å². The minimum atomic E-state index is -0.612. The average Bonchev–Trinajstić information content (AvgIpc) is 2.50. The Hall–Kier alpha value is -1.29. The molecule has 4 heteroatoms. The van der Waals surface area contributed by atoms with Crippen LogP contribution in [0.25, 0.3) is 0 Å². The second-order valence-corrected chi connectivity index (χ2v) is 3.18. The van der Waals surface area contributed by atoms with Gasteiger partial charge >= 0.3 is 6.09 Å². The van der Waals surface area contributed by atoms with E-state index in [0.717, 1.165) is 0 Å². The third-order valence-electron chi connectivity index (χ3n) is 2.19. The largest absolute Gasteiger partial charge is 0.447 e. The summed E-state index contributed by atoms with van der Waals surface area (Å²) >= 11 is 0. The topological polar surface area (TPSA) is 49.8 Å². The molecular formula is C10H15NO3. The maximum atomic E-state index is 11.2. The Balaban J connectivity index is 2.62. The first-order chi connectivity index (χ1) is 6.70. The molecule has 2 atom stereocenters. The van der Waals surface area contributed by atoms with E-state index in [0.29, 0.717) is 13.0 Å². The quantitative estimate of drug-likeness (QED) is 0.667. The summed E-state index contributed by atoms with van der Waals surface area (Å²) in [6.07, 6.45) is 2.69. The number of amides is 1. The molecule has 4 nitrogen and oxygen atoms in total. The van der Waals surface area contributed by atoms with Gasteiger partial charge in [0.1, 0.15) is 6.61 Å². The lowest BCUT2D eigenvalue weighted by atomic mass is 10.1. The Morgan fingerprint density at radius 1 is 1.64 bits per heavy atom. The lowest BCUT2D eigenvalue weighted by molar-refractivity contribution is 0.0927. The summed E-state index contributed by atoms with van der Waals surface area (Å²) in [6.45, 7) is 7.72. The molecule has 0 bridgehead atoms. The van der Waals surface area contributed by atoms with E-state index < -0.39 is 12.2 Å². The van der Waals surface area contributed by atoms with Crippen molar-refractivity contribution in [2.24, 2.45) is 0 Å². The van der Waals surface area contributed by atoms with E-state index >= 15 is 0 Å². The molecule has 0 unspecified atom stereocenters. The molecule has 14 heavy (non-hydrogen) atoms. The summed E-state index contributed by atoms with van der Waals surface area (Å²) in [7, 11) is 0. The summed E-state index contributed by atoms with van der Waals surface area (Å²) < 4.78 is 4.84. The van der Waals surface area contributed by atoms with Gasteiger partial charge in [-0.3, -0.25) is 4.90 Å². The molecule has 1 N–H and O–H groups in total. The van der Waals surface area contributed by atoms with Crippen LogP contribution in [0, 0.1) is 0 Å². The summed E-state index contributed by atoms with van der Waals surface area (Å²) in [4.78, 5) is 12.7. The van der Waals surface area contributed by atoms with Crippen molar-refractivity contribution in [1.82, 2.24) is 4.90 Å². The van der Waals surface area contributed by atoms with Gasteiger partial charge in [0.05, 0.1) is 12.1 Å². The van der Waals surface area contributed by atoms with E-state index in [9.17, 15) is 9.90 Å². The first-order valence-corrected chi connectivity index (χ1v) is 4.54. The lowest BCUT2D eigenvalue weighted by Gasteiger charge is -2.23. The number of carbonyl (C=O) groups excluding carboxylic acids is 1. The first-order valence-electron chi connectivity index (χ1n) is 4.54. The molecule has 0 aliphatic carbocycles. The molecule has 0 saturated carbocycles. The highest BCUT2D eigenvalue weighted by atomic mass is 16.6. The van der Waals surface area contributed by atoms with Gasteiger partial charge in [0.25, 0.3) is 0 Å². The molecule has 1 aliphatic rings. The number of nitrogens with zero attached hydrogens (tertiary/aromatic N) is 1. The maximum absolute atomic E-state index is 11.2. The zero-order valence-electron chi connectivity index (χ0n) is 8.06. The molecule has 0 aromatic rings. The number of rotatable bonds is 5. The van der Waals surface area contributed by atoms with Crippen molar-refractivity contribution in [2.75, 3.05) is 13.2 Å². The van der Waals surface area contributed by atoms with Gasteiger partial charge < -0.3 is 9.84 Å². The number of aliphatic hydroxyl groups is 1. The van der Waals surface area contributed by atoms with Crippen LogP contribution >= 0.6 is 0 Å². The van der Waals surface area contributed by atoms with Crippen LogP contribution in [0.15, 0.2) is 25.3 Å².